The van der Waals surface area contributed by atoms with E-state index >= 15 is 0 Å². The van der Waals surface area contributed by atoms with Crippen molar-refractivity contribution < 1.29 is 34.8 Å². The fraction of sp³-hybridized carbons (Fsp3) is 0. The molecule has 0 aliphatic carbocycles. The summed E-state index contributed by atoms with van der Waals surface area (Å²) >= 11 is 0. The van der Waals surface area contributed by atoms with Crippen molar-refractivity contribution in [2.75, 3.05) is 0 Å². The molecule has 5 aromatic rings. The monoisotopic (exact) mass is 600 g/mol. The van der Waals surface area contributed by atoms with Crippen molar-refractivity contribution in [3.8, 4) is 11.4 Å². The Labute approximate surface area is 197 Å². The molecule has 1 aromatic carbocycles. The first kappa shape index (κ1) is 27.9. The molecule has 0 amide bonds. The zero-order chi connectivity index (χ0) is 22.9. The molecule has 0 aliphatic rings. The topological polar surface area (TPSA) is 143 Å². The predicted molar refractivity (Wildman–Crippen MR) is 114 cm³/mol. The Hall–Kier alpha value is -4.07. The van der Waals surface area contributed by atoms with Gasteiger partial charge in [-0.2, -0.15) is 0 Å². The third kappa shape index (κ3) is 7.64. The number of pyridine rings is 3. The fourth-order valence-corrected chi connectivity index (χ4v) is 2.43. The molecule has 11 heteroatoms. The van der Waals surface area contributed by atoms with Crippen LogP contribution in [0.25, 0.3) is 33.2 Å². The Morgan fingerprint density at radius 3 is 1.66 bits per heavy atom. The molecule has 0 saturated heterocycles. The molecule has 32 heavy (non-hydrogen) atoms. The Morgan fingerprint density at radius 2 is 1.22 bits per heavy atom. The first-order chi connectivity index (χ1) is 15.4. The van der Waals surface area contributed by atoms with Crippen LogP contribution < -0.4 is 5.21 Å². The molecular weight excluding hydrogens is 584 g/mol. The van der Waals surface area contributed by atoms with Crippen molar-refractivity contribution in [1.82, 2.24) is 35.6 Å². The van der Waals surface area contributed by atoms with Gasteiger partial charge in [0.25, 0.3) is 0 Å². The van der Waals surface area contributed by atoms with Crippen molar-refractivity contribution in [3.63, 3.8) is 0 Å². The summed E-state index contributed by atoms with van der Waals surface area (Å²) < 4.78 is 0. The predicted octanol–water partition coefficient (Wildman–Crippen LogP) is 1.85. The number of fused-ring (bicyclic) bond motifs is 3. The van der Waals surface area contributed by atoms with Gasteiger partial charge in [-0.15, -0.1) is 0 Å². The van der Waals surface area contributed by atoms with Gasteiger partial charge in [-0.3, -0.25) is 45.7 Å². The Balaban J connectivity index is 0.000000484. The van der Waals surface area contributed by atoms with Crippen molar-refractivity contribution in [2.24, 2.45) is 0 Å². The van der Waals surface area contributed by atoms with E-state index in [1.54, 1.807) is 24.8 Å². The molecule has 1 radical (unpaired) electrons. The number of tetrazole rings is 1. The maximum Gasteiger partial charge on any atom is 0.0964 e. The molecule has 0 fully saturated rings. The summed E-state index contributed by atoms with van der Waals surface area (Å²) in [5.74, 6) is 0.512. The van der Waals surface area contributed by atoms with Crippen LogP contribution in [0.1, 0.15) is 0 Å². The normalized spacial score (nSPS) is 8.50. The molecule has 4 aromatic heterocycles. The van der Waals surface area contributed by atoms with Gasteiger partial charge in [0.15, 0.2) is 0 Å². The zero-order valence-corrected chi connectivity index (χ0v) is 19.1. The minimum atomic E-state index is 0. The molecular formula is C21H15N7O3Re-4. The van der Waals surface area contributed by atoms with Gasteiger partial charge in [-0.25, -0.2) is 5.10 Å². The van der Waals surface area contributed by atoms with Crippen LogP contribution in [0, 0.1) is 0 Å². The van der Waals surface area contributed by atoms with Gasteiger partial charge in [-0.05, 0) is 18.2 Å². The second-order valence-corrected chi connectivity index (χ2v) is 5.16. The van der Waals surface area contributed by atoms with Gasteiger partial charge in [0.05, 0.1) is 16.9 Å². The minimum Gasteiger partial charge on any atom is -0.545 e. The number of rotatable bonds is 1. The van der Waals surface area contributed by atoms with Gasteiger partial charge < -0.3 is 19.5 Å². The van der Waals surface area contributed by atoms with Crippen molar-refractivity contribution in [3.05, 3.63) is 73.3 Å². The molecule has 0 atom stereocenters. The summed E-state index contributed by atoms with van der Waals surface area (Å²) in [5.41, 5.74) is 2.79. The van der Waals surface area contributed by atoms with Gasteiger partial charge >= 0.3 is 0 Å². The van der Waals surface area contributed by atoms with Gasteiger partial charge in [-0.1, -0.05) is 30.3 Å². The summed E-state index contributed by atoms with van der Waals surface area (Å²) in [5, 5.41) is 16.3. The molecule has 0 N–H and O–H groups in total. The van der Waals surface area contributed by atoms with Gasteiger partial charge in [0.2, 0.25) is 0 Å². The molecule has 163 valence electrons. The van der Waals surface area contributed by atoms with Crippen molar-refractivity contribution in [1.29, 1.82) is 0 Å². The number of nitrogens with zero attached hydrogens (tertiary/aromatic N) is 7. The first-order valence-electron chi connectivity index (χ1n) is 8.30. The van der Waals surface area contributed by atoms with Crippen LogP contribution in [0.3, 0.4) is 0 Å². The number of carbonyl (C=O) groups excluding carboxylic acids is 3. The van der Waals surface area contributed by atoms with E-state index in [0.29, 0.717) is 5.82 Å². The average molecular weight is 600 g/mol. The van der Waals surface area contributed by atoms with E-state index in [1.165, 1.54) is 0 Å². The van der Waals surface area contributed by atoms with E-state index in [4.69, 9.17) is 14.4 Å². The average Bonchev–Trinajstić information content (AvgIpc) is 3.44. The van der Waals surface area contributed by atoms with E-state index in [1.807, 2.05) is 24.3 Å². The van der Waals surface area contributed by atoms with Crippen LogP contribution in [-0.4, -0.2) is 50.7 Å². The summed E-state index contributed by atoms with van der Waals surface area (Å²) in [6, 6.07) is 15.8. The number of hydrogen-bond donors (Lipinski definition) is 0. The van der Waals surface area contributed by atoms with E-state index < -0.39 is 0 Å². The summed E-state index contributed by atoms with van der Waals surface area (Å²) in [6.07, 6.45) is 6.96. The maximum absolute atomic E-state index is 7.75. The van der Waals surface area contributed by atoms with Crippen molar-refractivity contribution in [2.45, 2.75) is 0 Å². The van der Waals surface area contributed by atoms with Crippen LogP contribution >= 0.6 is 0 Å². The third-order valence-electron chi connectivity index (χ3n) is 3.58. The van der Waals surface area contributed by atoms with E-state index in [0.717, 1.165) is 27.4 Å². The number of hydrogen-bond acceptors (Lipinski definition) is 9. The molecule has 0 saturated carbocycles. The maximum atomic E-state index is 7.75. The minimum absolute atomic E-state index is 0. The van der Waals surface area contributed by atoms with Gasteiger partial charge in [0.1, 0.15) is 0 Å². The molecule has 4 heterocycles. The molecule has 0 bridgehead atoms. The van der Waals surface area contributed by atoms with Crippen LogP contribution in [0.2, 0.25) is 0 Å². The van der Waals surface area contributed by atoms with E-state index in [2.05, 4.69) is 80.2 Å². The molecule has 0 spiro atoms. The van der Waals surface area contributed by atoms with E-state index in [9.17, 15) is 0 Å². The standard InChI is InChI=1S/C12H8N2.C6H4N5.3CHO.Re/c1-3-9-5-6-10-4-2-8-14-12(10)11(9)13-7-1;1-2-5(4-7-3-1)6-8-10-11-9-6;3*1-2;/h1-8H;1-4H;3*1H;/q;4*-1;. The van der Waals surface area contributed by atoms with Crippen LogP contribution in [0.15, 0.2) is 73.3 Å². The summed E-state index contributed by atoms with van der Waals surface area (Å²) in [4.78, 5) is 35.8. The summed E-state index contributed by atoms with van der Waals surface area (Å²) in [7, 11) is 0. The first-order valence-corrected chi connectivity index (χ1v) is 8.30. The Bertz CT molecular complexity index is 1100. The largest absolute Gasteiger partial charge is 0.545 e. The molecule has 0 unspecified atom stereocenters. The number of benzene rings is 1. The second-order valence-electron chi connectivity index (χ2n) is 5.16. The zero-order valence-electron chi connectivity index (χ0n) is 16.4. The Morgan fingerprint density at radius 1 is 0.688 bits per heavy atom. The molecule has 5 rings (SSSR count). The van der Waals surface area contributed by atoms with Crippen LogP contribution in [-0.2, 0) is 34.8 Å². The SMILES string of the molecule is [CH-]=O.[CH-]=O.[CH-]=O.[Re].c1cnc2c(c1)ccc1cccnc12.c1cncc(-c2nn[n-]n2)c1. The Kier molecular flexibility index (Phi) is 14.6. The third-order valence-corrected chi connectivity index (χ3v) is 3.58. The van der Waals surface area contributed by atoms with Crippen LogP contribution in [0.4, 0.5) is 0 Å². The van der Waals surface area contributed by atoms with Crippen LogP contribution in [0.5, 0.6) is 0 Å². The van der Waals surface area contributed by atoms with E-state index in [-0.39, 0.29) is 20.4 Å². The molecule has 0 aliphatic heterocycles. The molecule has 10 nitrogen and oxygen atoms in total. The second kappa shape index (κ2) is 16.7. The van der Waals surface area contributed by atoms with Gasteiger partial charge in [0, 0.05) is 61.5 Å². The smallest absolute Gasteiger partial charge is 0.0964 e. The summed E-state index contributed by atoms with van der Waals surface area (Å²) in [6.45, 7) is 9.75. The van der Waals surface area contributed by atoms with Crippen molar-refractivity contribution >= 4 is 42.2 Å². The quantitative estimate of drug-likeness (QED) is 0.159. The fourth-order valence-electron chi connectivity index (χ4n) is 2.43. The number of aromatic nitrogens is 7.